The molecule has 1 saturated heterocycles. The van der Waals surface area contributed by atoms with E-state index in [0.717, 1.165) is 29.7 Å². The predicted molar refractivity (Wildman–Crippen MR) is 126 cm³/mol. The SMILES string of the molecule is CCOc1cccc([C@@H]2CC(c3ccc(C)cc3C)=NC3(CCN(C(C)=O)CC3)N2)c1O. The lowest BCUT2D eigenvalue weighted by Gasteiger charge is -2.45. The van der Waals surface area contributed by atoms with Crippen LogP contribution in [0.25, 0.3) is 0 Å². The van der Waals surface area contributed by atoms with Crippen molar-refractivity contribution in [1.29, 1.82) is 0 Å². The fourth-order valence-electron chi connectivity index (χ4n) is 4.94. The minimum Gasteiger partial charge on any atom is -0.504 e. The average molecular weight is 436 g/mol. The molecule has 0 bridgehead atoms. The molecule has 32 heavy (non-hydrogen) atoms. The number of phenols is 1. The zero-order valence-corrected chi connectivity index (χ0v) is 19.4. The van der Waals surface area contributed by atoms with E-state index in [1.54, 1.807) is 13.0 Å². The lowest BCUT2D eigenvalue weighted by molar-refractivity contribution is -0.130. The number of carbonyl (C=O) groups is 1. The van der Waals surface area contributed by atoms with Gasteiger partial charge in [-0.25, -0.2) is 0 Å². The van der Waals surface area contributed by atoms with Gasteiger partial charge >= 0.3 is 0 Å². The van der Waals surface area contributed by atoms with Gasteiger partial charge in [-0.05, 0) is 38.0 Å². The van der Waals surface area contributed by atoms with Crippen LogP contribution < -0.4 is 10.1 Å². The Hall–Kier alpha value is -2.86. The first-order valence-corrected chi connectivity index (χ1v) is 11.5. The summed E-state index contributed by atoms with van der Waals surface area (Å²) >= 11 is 0. The Labute approximate surface area is 190 Å². The fraction of sp³-hybridized carbons (Fsp3) is 0.462. The molecule has 1 amide bonds. The van der Waals surface area contributed by atoms with Crippen LogP contribution in [-0.4, -0.2) is 47.0 Å². The number of para-hydroxylation sites is 1. The third-order valence-corrected chi connectivity index (χ3v) is 6.62. The van der Waals surface area contributed by atoms with Crippen molar-refractivity contribution in [2.24, 2.45) is 4.99 Å². The van der Waals surface area contributed by atoms with Crippen LogP contribution in [-0.2, 0) is 4.79 Å². The summed E-state index contributed by atoms with van der Waals surface area (Å²) in [4.78, 5) is 19.0. The number of nitrogens with one attached hydrogen (secondary N) is 1. The van der Waals surface area contributed by atoms with Crippen LogP contribution in [0.3, 0.4) is 0 Å². The molecule has 4 rings (SSSR count). The van der Waals surface area contributed by atoms with Crippen molar-refractivity contribution in [3.8, 4) is 11.5 Å². The summed E-state index contributed by atoms with van der Waals surface area (Å²) < 4.78 is 5.64. The van der Waals surface area contributed by atoms with Gasteiger partial charge in [-0.3, -0.25) is 15.1 Å². The Morgan fingerprint density at radius 3 is 2.66 bits per heavy atom. The number of benzene rings is 2. The number of likely N-dealkylation sites (tertiary alicyclic amines) is 1. The molecule has 2 aromatic carbocycles. The van der Waals surface area contributed by atoms with E-state index < -0.39 is 5.66 Å². The maximum absolute atomic E-state index is 11.9. The highest BCUT2D eigenvalue weighted by Crippen LogP contribution is 2.40. The number of rotatable bonds is 4. The zero-order valence-electron chi connectivity index (χ0n) is 19.4. The highest BCUT2D eigenvalue weighted by atomic mass is 16.5. The van der Waals surface area contributed by atoms with Crippen LogP contribution in [0.2, 0.25) is 0 Å². The second-order valence-electron chi connectivity index (χ2n) is 8.94. The van der Waals surface area contributed by atoms with Crippen LogP contribution in [0.15, 0.2) is 41.4 Å². The normalized spacial score (nSPS) is 20.2. The van der Waals surface area contributed by atoms with Gasteiger partial charge in [0.05, 0.1) is 6.61 Å². The van der Waals surface area contributed by atoms with Gasteiger partial charge in [0.2, 0.25) is 5.91 Å². The minimum atomic E-state index is -0.463. The Balaban J connectivity index is 1.74. The van der Waals surface area contributed by atoms with Gasteiger partial charge in [-0.15, -0.1) is 0 Å². The molecule has 0 saturated carbocycles. The van der Waals surface area contributed by atoms with E-state index in [1.807, 2.05) is 24.0 Å². The summed E-state index contributed by atoms with van der Waals surface area (Å²) in [5.41, 5.74) is 4.98. The number of aliphatic imine (C=N–C) groups is 1. The van der Waals surface area contributed by atoms with Gasteiger partial charge in [-0.1, -0.05) is 35.9 Å². The summed E-state index contributed by atoms with van der Waals surface area (Å²) in [7, 11) is 0. The molecule has 2 N–H and O–H groups in total. The zero-order chi connectivity index (χ0) is 22.9. The fourth-order valence-corrected chi connectivity index (χ4v) is 4.94. The molecule has 2 aromatic rings. The second kappa shape index (κ2) is 8.94. The molecular formula is C26H33N3O3. The molecule has 0 aliphatic carbocycles. The largest absolute Gasteiger partial charge is 0.504 e. The van der Waals surface area contributed by atoms with Gasteiger partial charge in [-0.2, -0.15) is 0 Å². The van der Waals surface area contributed by atoms with Gasteiger partial charge < -0.3 is 14.7 Å². The molecule has 2 aliphatic heterocycles. The third kappa shape index (κ3) is 4.37. The van der Waals surface area contributed by atoms with Crippen molar-refractivity contribution in [3.05, 3.63) is 58.7 Å². The Morgan fingerprint density at radius 1 is 1.25 bits per heavy atom. The Bertz CT molecular complexity index is 1040. The molecule has 0 aromatic heterocycles. The monoisotopic (exact) mass is 435 g/mol. The smallest absolute Gasteiger partial charge is 0.219 e. The van der Waals surface area contributed by atoms with Crippen molar-refractivity contribution in [2.75, 3.05) is 19.7 Å². The molecule has 0 unspecified atom stereocenters. The van der Waals surface area contributed by atoms with Crippen LogP contribution in [0, 0.1) is 13.8 Å². The number of carbonyl (C=O) groups excluding carboxylic acids is 1. The van der Waals surface area contributed by atoms with Crippen molar-refractivity contribution in [1.82, 2.24) is 10.2 Å². The standard InChI is InChI=1S/C26H33N3O3/c1-5-32-24-8-6-7-21(25(24)31)23-16-22(20-10-9-17(2)15-18(20)3)27-26(28-23)11-13-29(14-12-26)19(4)30/h6-10,15,23,28,31H,5,11-14,16H2,1-4H3/t23-/m0/s1. The summed E-state index contributed by atoms with van der Waals surface area (Å²) in [6.07, 6.45) is 2.15. The average Bonchev–Trinajstić information content (AvgIpc) is 2.75. The number of aromatic hydroxyl groups is 1. The van der Waals surface area contributed by atoms with Crippen LogP contribution in [0.5, 0.6) is 11.5 Å². The highest BCUT2D eigenvalue weighted by molar-refractivity contribution is 6.03. The molecule has 1 fully saturated rings. The van der Waals surface area contributed by atoms with Crippen molar-refractivity contribution in [3.63, 3.8) is 0 Å². The van der Waals surface area contributed by atoms with Crippen molar-refractivity contribution < 1.29 is 14.6 Å². The second-order valence-corrected chi connectivity index (χ2v) is 8.94. The first-order valence-electron chi connectivity index (χ1n) is 11.5. The molecule has 6 heteroatoms. The van der Waals surface area contributed by atoms with Crippen LogP contribution >= 0.6 is 0 Å². The number of hydrogen-bond donors (Lipinski definition) is 2. The number of amides is 1. The Kier molecular flexibility index (Phi) is 6.24. The van der Waals surface area contributed by atoms with E-state index in [1.165, 1.54) is 11.1 Å². The summed E-state index contributed by atoms with van der Waals surface area (Å²) in [6.45, 7) is 9.59. The molecule has 2 aliphatic rings. The van der Waals surface area contributed by atoms with E-state index in [9.17, 15) is 9.90 Å². The first-order chi connectivity index (χ1) is 15.3. The van der Waals surface area contributed by atoms with Crippen LogP contribution in [0.1, 0.15) is 61.4 Å². The maximum Gasteiger partial charge on any atom is 0.219 e. The maximum atomic E-state index is 11.9. The number of piperidine rings is 1. The molecule has 6 nitrogen and oxygen atoms in total. The van der Waals surface area contributed by atoms with E-state index >= 15 is 0 Å². The van der Waals surface area contributed by atoms with E-state index in [2.05, 4.69) is 37.4 Å². The molecule has 1 spiro atoms. The topological polar surface area (TPSA) is 74.2 Å². The summed E-state index contributed by atoms with van der Waals surface area (Å²) in [5, 5.41) is 14.7. The van der Waals surface area contributed by atoms with Gasteiger partial charge in [0, 0.05) is 56.6 Å². The number of hydrogen-bond acceptors (Lipinski definition) is 5. The van der Waals surface area contributed by atoms with E-state index in [-0.39, 0.29) is 17.7 Å². The third-order valence-electron chi connectivity index (χ3n) is 6.62. The minimum absolute atomic E-state index is 0.104. The van der Waals surface area contributed by atoms with Gasteiger partial charge in [0.15, 0.2) is 11.5 Å². The van der Waals surface area contributed by atoms with E-state index in [0.29, 0.717) is 31.9 Å². The first kappa shape index (κ1) is 22.3. The molecule has 1 atom stereocenters. The van der Waals surface area contributed by atoms with Crippen LogP contribution in [0.4, 0.5) is 0 Å². The number of ether oxygens (including phenoxy) is 1. The van der Waals surface area contributed by atoms with Gasteiger partial charge in [0.1, 0.15) is 5.66 Å². The summed E-state index contributed by atoms with van der Waals surface area (Å²) in [5.74, 6) is 0.792. The molecule has 170 valence electrons. The number of nitrogens with zero attached hydrogens (tertiary/aromatic N) is 2. The van der Waals surface area contributed by atoms with Crippen molar-refractivity contribution in [2.45, 2.75) is 58.7 Å². The number of phenolic OH excluding ortho intramolecular Hbond substituents is 1. The van der Waals surface area contributed by atoms with E-state index in [4.69, 9.17) is 9.73 Å². The molecular weight excluding hydrogens is 402 g/mol. The number of aryl methyl sites for hydroxylation is 2. The molecule has 2 heterocycles. The van der Waals surface area contributed by atoms with Gasteiger partial charge in [0.25, 0.3) is 0 Å². The molecule has 0 radical (unpaired) electrons. The Morgan fingerprint density at radius 2 is 2.00 bits per heavy atom. The summed E-state index contributed by atoms with van der Waals surface area (Å²) in [6, 6.07) is 12.0. The van der Waals surface area contributed by atoms with Crippen molar-refractivity contribution >= 4 is 11.6 Å². The lowest BCUT2D eigenvalue weighted by Crippen LogP contribution is -2.56. The predicted octanol–water partition coefficient (Wildman–Crippen LogP) is 4.27. The highest BCUT2D eigenvalue weighted by Gasteiger charge is 2.41. The quantitative estimate of drug-likeness (QED) is 0.752. The lowest BCUT2D eigenvalue weighted by atomic mass is 9.86.